The van der Waals surface area contributed by atoms with Gasteiger partial charge in [-0.2, -0.15) is 0 Å². The Kier molecular flexibility index (Phi) is 2.29. The maximum atomic E-state index is 8.21. The predicted molar refractivity (Wildman–Crippen MR) is 42.4 cm³/mol. The fraction of sp³-hybridized carbons (Fsp3) is 0. The van der Waals surface area contributed by atoms with E-state index in [0.717, 1.165) is 3.57 Å². The van der Waals surface area contributed by atoms with Gasteiger partial charge in [-0.1, -0.05) is 12.1 Å². The lowest BCUT2D eigenvalue weighted by atomic mass is 10.3. The topological polar surface area (TPSA) is 29.5 Å². The predicted octanol–water partition coefficient (Wildman–Crippen LogP) is 2.14. The minimum atomic E-state index is 0.498. The molecule has 0 saturated heterocycles. The zero-order chi connectivity index (χ0) is 6.69. The summed E-state index contributed by atoms with van der Waals surface area (Å²) < 4.78 is 0.901. The van der Waals surface area contributed by atoms with Crippen LogP contribution in [0.25, 0.3) is 0 Å². The van der Waals surface area contributed by atoms with Crippen molar-refractivity contribution in [3.05, 3.63) is 27.8 Å². The quantitative estimate of drug-likeness (QED) is 0.459. The Morgan fingerprint density at radius 2 is 2.00 bits per heavy atom. The summed E-state index contributed by atoms with van der Waals surface area (Å²) in [4.78, 5) is 4.04. The Labute approximate surface area is 66.5 Å². The summed E-state index contributed by atoms with van der Waals surface area (Å²) in [5.41, 5.74) is 0. The smallest absolute Gasteiger partial charge is 0.178 e. The molecule has 0 saturated carbocycles. The van der Waals surface area contributed by atoms with Crippen LogP contribution in [0.3, 0.4) is 0 Å². The SMILES string of the molecule is OOc1ccccc1I. The number of hydrogen-bond acceptors (Lipinski definition) is 2. The van der Waals surface area contributed by atoms with Crippen LogP contribution in [0.4, 0.5) is 0 Å². The van der Waals surface area contributed by atoms with Crippen molar-refractivity contribution in [2.75, 3.05) is 0 Å². The molecular weight excluding hydrogens is 231 g/mol. The van der Waals surface area contributed by atoms with Crippen molar-refractivity contribution in [1.29, 1.82) is 0 Å². The lowest BCUT2D eigenvalue weighted by Gasteiger charge is -1.96. The van der Waals surface area contributed by atoms with E-state index in [4.69, 9.17) is 5.26 Å². The zero-order valence-electron chi connectivity index (χ0n) is 4.54. The van der Waals surface area contributed by atoms with Crippen molar-refractivity contribution in [1.82, 2.24) is 0 Å². The van der Waals surface area contributed by atoms with Crippen LogP contribution in [0, 0.1) is 3.57 Å². The van der Waals surface area contributed by atoms with Crippen LogP contribution in [-0.4, -0.2) is 5.26 Å². The summed E-state index contributed by atoms with van der Waals surface area (Å²) >= 11 is 2.08. The first kappa shape index (κ1) is 6.82. The van der Waals surface area contributed by atoms with Crippen molar-refractivity contribution in [3.63, 3.8) is 0 Å². The lowest BCUT2D eigenvalue weighted by molar-refractivity contribution is -0.138. The van der Waals surface area contributed by atoms with Crippen LogP contribution < -0.4 is 4.89 Å². The monoisotopic (exact) mass is 236 g/mol. The number of benzene rings is 1. The molecule has 1 aromatic carbocycles. The van der Waals surface area contributed by atoms with Gasteiger partial charge in [0.25, 0.3) is 0 Å². The second-order valence-electron chi connectivity index (χ2n) is 1.52. The number of halogens is 1. The first-order valence-electron chi connectivity index (χ1n) is 2.40. The standard InChI is InChI=1S/C6H5IO2/c7-5-3-1-2-4-6(5)9-8/h1-4,8H. The maximum absolute atomic E-state index is 8.21. The van der Waals surface area contributed by atoms with E-state index >= 15 is 0 Å². The molecule has 1 rings (SSSR count). The van der Waals surface area contributed by atoms with Crippen molar-refractivity contribution in [2.45, 2.75) is 0 Å². The lowest BCUT2D eigenvalue weighted by Crippen LogP contribution is -1.85. The van der Waals surface area contributed by atoms with Gasteiger partial charge in [0, 0.05) is 0 Å². The highest BCUT2D eigenvalue weighted by Crippen LogP contribution is 2.18. The van der Waals surface area contributed by atoms with Gasteiger partial charge in [-0.15, -0.1) is 0 Å². The molecule has 48 valence electrons. The van der Waals surface area contributed by atoms with E-state index in [-0.39, 0.29) is 0 Å². The van der Waals surface area contributed by atoms with E-state index in [1.807, 2.05) is 12.1 Å². The molecule has 0 atom stereocenters. The molecule has 0 unspecified atom stereocenters. The van der Waals surface area contributed by atoms with Crippen molar-refractivity contribution >= 4 is 22.6 Å². The van der Waals surface area contributed by atoms with E-state index in [1.54, 1.807) is 12.1 Å². The fourth-order valence-electron chi connectivity index (χ4n) is 0.519. The fourth-order valence-corrected chi connectivity index (χ4v) is 1.00. The first-order valence-corrected chi connectivity index (χ1v) is 3.48. The summed E-state index contributed by atoms with van der Waals surface area (Å²) in [7, 11) is 0. The molecule has 0 spiro atoms. The van der Waals surface area contributed by atoms with Gasteiger partial charge in [-0.3, -0.25) is 0 Å². The first-order chi connectivity index (χ1) is 4.34. The maximum Gasteiger partial charge on any atom is 0.178 e. The van der Waals surface area contributed by atoms with Gasteiger partial charge in [-0.25, -0.2) is 5.26 Å². The van der Waals surface area contributed by atoms with Crippen LogP contribution in [0.15, 0.2) is 24.3 Å². The Hall–Kier alpha value is -0.290. The molecule has 2 nitrogen and oxygen atoms in total. The van der Waals surface area contributed by atoms with Gasteiger partial charge >= 0.3 is 0 Å². The second-order valence-corrected chi connectivity index (χ2v) is 2.68. The largest absolute Gasteiger partial charge is 0.339 e. The third-order valence-electron chi connectivity index (χ3n) is 0.935. The van der Waals surface area contributed by atoms with Crippen LogP contribution >= 0.6 is 22.6 Å². The Bertz CT molecular complexity index is 200. The number of hydrogen-bond donors (Lipinski definition) is 1. The molecule has 0 heterocycles. The van der Waals surface area contributed by atoms with Gasteiger partial charge in [0.15, 0.2) is 5.75 Å². The molecule has 0 radical (unpaired) electrons. The van der Waals surface area contributed by atoms with Crippen molar-refractivity contribution < 1.29 is 10.1 Å². The summed E-state index contributed by atoms with van der Waals surface area (Å²) in [5.74, 6) is 0.498. The highest BCUT2D eigenvalue weighted by atomic mass is 127. The number of rotatable bonds is 1. The highest BCUT2D eigenvalue weighted by Gasteiger charge is 1.95. The Balaban J connectivity index is 3.01. The molecule has 0 aromatic heterocycles. The van der Waals surface area contributed by atoms with Gasteiger partial charge < -0.3 is 4.89 Å². The molecule has 9 heavy (non-hydrogen) atoms. The molecule has 0 aliphatic heterocycles. The van der Waals surface area contributed by atoms with E-state index in [1.165, 1.54) is 0 Å². The molecule has 1 aromatic rings. The molecular formula is C6H5IO2. The number of para-hydroxylation sites is 1. The van der Waals surface area contributed by atoms with Gasteiger partial charge in [0.05, 0.1) is 3.57 Å². The normalized spacial score (nSPS) is 9.11. The minimum Gasteiger partial charge on any atom is -0.339 e. The van der Waals surface area contributed by atoms with E-state index in [2.05, 4.69) is 27.5 Å². The molecule has 0 fully saturated rings. The van der Waals surface area contributed by atoms with Crippen LogP contribution in [0.1, 0.15) is 0 Å². The van der Waals surface area contributed by atoms with E-state index in [0.29, 0.717) is 5.75 Å². The summed E-state index contributed by atoms with van der Waals surface area (Å²) in [5, 5.41) is 8.21. The average Bonchev–Trinajstić information content (AvgIpc) is 1.89. The molecule has 3 heteroatoms. The van der Waals surface area contributed by atoms with Crippen LogP contribution in [-0.2, 0) is 0 Å². The molecule has 0 aliphatic rings. The van der Waals surface area contributed by atoms with Gasteiger partial charge in [0.2, 0.25) is 0 Å². The summed E-state index contributed by atoms with van der Waals surface area (Å²) in [6.07, 6.45) is 0. The molecule has 0 bridgehead atoms. The summed E-state index contributed by atoms with van der Waals surface area (Å²) in [6, 6.07) is 7.23. The van der Waals surface area contributed by atoms with Crippen LogP contribution in [0.5, 0.6) is 5.75 Å². The molecule has 0 amide bonds. The Morgan fingerprint density at radius 1 is 1.33 bits per heavy atom. The summed E-state index contributed by atoms with van der Waals surface area (Å²) in [6.45, 7) is 0. The van der Waals surface area contributed by atoms with Crippen molar-refractivity contribution in [3.8, 4) is 5.75 Å². The average molecular weight is 236 g/mol. The second kappa shape index (κ2) is 3.03. The molecule has 0 aliphatic carbocycles. The van der Waals surface area contributed by atoms with Gasteiger partial charge in [0.1, 0.15) is 0 Å². The van der Waals surface area contributed by atoms with Crippen LogP contribution in [0.2, 0.25) is 0 Å². The van der Waals surface area contributed by atoms with E-state index < -0.39 is 0 Å². The van der Waals surface area contributed by atoms with E-state index in [9.17, 15) is 0 Å². The molecule has 1 N–H and O–H groups in total. The highest BCUT2D eigenvalue weighted by molar-refractivity contribution is 14.1. The minimum absolute atomic E-state index is 0.498. The van der Waals surface area contributed by atoms with Crippen molar-refractivity contribution in [2.24, 2.45) is 0 Å². The zero-order valence-corrected chi connectivity index (χ0v) is 6.70. The third kappa shape index (κ3) is 1.56. The third-order valence-corrected chi connectivity index (χ3v) is 1.83. The Morgan fingerprint density at radius 3 is 2.44 bits per heavy atom. The van der Waals surface area contributed by atoms with Gasteiger partial charge in [-0.05, 0) is 34.7 Å².